The van der Waals surface area contributed by atoms with Crippen LogP contribution in [0.25, 0.3) is 0 Å². The van der Waals surface area contributed by atoms with E-state index in [0.29, 0.717) is 33.5 Å². The van der Waals surface area contributed by atoms with Gasteiger partial charge in [0.25, 0.3) is 11.8 Å². The lowest BCUT2D eigenvalue weighted by atomic mass is 10.1. The molecule has 5 nitrogen and oxygen atoms in total. The van der Waals surface area contributed by atoms with Crippen molar-refractivity contribution in [1.29, 1.82) is 0 Å². The van der Waals surface area contributed by atoms with Gasteiger partial charge in [0.1, 0.15) is 6.54 Å². The Hall–Kier alpha value is -1.73. The van der Waals surface area contributed by atoms with Crippen LogP contribution in [0.4, 0.5) is 0 Å². The van der Waals surface area contributed by atoms with Gasteiger partial charge in [-0.15, -0.1) is 0 Å². The van der Waals surface area contributed by atoms with Crippen molar-refractivity contribution in [2.24, 2.45) is 0 Å². The van der Waals surface area contributed by atoms with E-state index >= 15 is 0 Å². The van der Waals surface area contributed by atoms with Crippen molar-refractivity contribution in [3.8, 4) is 0 Å². The smallest absolute Gasteiger partial charge is 0.295 e. The van der Waals surface area contributed by atoms with E-state index in [4.69, 9.17) is 23.2 Å². The van der Waals surface area contributed by atoms with Crippen molar-refractivity contribution in [2.45, 2.75) is 6.54 Å². The molecule has 1 heterocycles. The second-order valence-electron chi connectivity index (χ2n) is 5.43. The van der Waals surface area contributed by atoms with E-state index in [0.717, 1.165) is 5.56 Å². The van der Waals surface area contributed by atoms with Crippen LogP contribution in [-0.2, 0) is 17.9 Å². The van der Waals surface area contributed by atoms with Crippen molar-refractivity contribution in [2.75, 3.05) is 12.3 Å². The molecule has 1 unspecified atom stereocenters. The highest BCUT2D eigenvalue weighted by atomic mass is 35.5. The van der Waals surface area contributed by atoms with Gasteiger partial charge in [-0.2, -0.15) is 4.31 Å². The zero-order valence-electron chi connectivity index (χ0n) is 13.0. The molecule has 2 aromatic carbocycles. The Bertz CT molecular complexity index is 814. The van der Waals surface area contributed by atoms with Crippen LogP contribution < -0.4 is 5.32 Å². The van der Waals surface area contributed by atoms with E-state index in [1.165, 1.54) is 4.31 Å². The molecule has 0 radical (unpaired) electrons. The van der Waals surface area contributed by atoms with E-state index in [2.05, 4.69) is 5.32 Å². The first-order valence-electron chi connectivity index (χ1n) is 7.48. The quantitative estimate of drug-likeness (QED) is 0.807. The lowest BCUT2D eigenvalue weighted by molar-refractivity contribution is 0.0848. The van der Waals surface area contributed by atoms with Crippen molar-refractivity contribution < 1.29 is 14.1 Å². The number of nitrogens with one attached hydrogen (secondary N) is 1. The minimum atomic E-state index is -1.22. The first kappa shape index (κ1) is 18.1. The Kier molecular flexibility index (Phi) is 5.54. The number of carbonyl (C=O) groups is 2. The average molecular weight is 397 g/mol. The zero-order chi connectivity index (χ0) is 18.0. The Morgan fingerprint density at radius 1 is 1.12 bits per heavy atom. The second kappa shape index (κ2) is 7.66. The fraction of sp³-hybridized carbons (Fsp3) is 0.176. The average Bonchev–Trinajstić information content (AvgIpc) is 2.59. The number of halogens is 2. The molecule has 0 aromatic heterocycles. The first-order chi connectivity index (χ1) is 12.0. The molecule has 0 aliphatic carbocycles. The molecular formula is C17H14Cl2N2O3S. The van der Waals surface area contributed by atoms with Crippen LogP contribution in [-0.4, -0.2) is 33.0 Å². The maximum absolute atomic E-state index is 12.2. The van der Waals surface area contributed by atoms with Gasteiger partial charge in [0.15, 0.2) is 5.75 Å². The predicted octanol–water partition coefficient (Wildman–Crippen LogP) is 3.04. The van der Waals surface area contributed by atoms with Gasteiger partial charge in [-0.05, 0) is 42.0 Å². The maximum atomic E-state index is 12.2. The lowest BCUT2D eigenvalue weighted by Crippen LogP contribution is -2.50. The largest absolute Gasteiger partial charge is 0.593 e. The van der Waals surface area contributed by atoms with Gasteiger partial charge in [-0.1, -0.05) is 29.3 Å². The molecule has 0 bridgehead atoms. The van der Waals surface area contributed by atoms with E-state index in [1.807, 2.05) is 0 Å². The van der Waals surface area contributed by atoms with Crippen molar-refractivity contribution in [1.82, 2.24) is 9.62 Å². The summed E-state index contributed by atoms with van der Waals surface area (Å²) in [6, 6.07) is 11.3. The van der Waals surface area contributed by atoms with Gasteiger partial charge >= 0.3 is 0 Å². The van der Waals surface area contributed by atoms with Crippen LogP contribution in [0.5, 0.6) is 0 Å². The summed E-state index contributed by atoms with van der Waals surface area (Å²) in [4.78, 5) is 24.3. The van der Waals surface area contributed by atoms with Crippen LogP contribution in [0.1, 0.15) is 26.3 Å². The Morgan fingerprint density at radius 2 is 1.80 bits per heavy atom. The van der Waals surface area contributed by atoms with Gasteiger partial charge in [-0.25, -0.2) is 0 Å². The van der Waals surface area contributed by atoms with Gasteiger partial charge in [0.05, 0.1) is 11.4 Å². The molecule has 0 spiro atoms. The van der Waals surface area contributed by atoms with Crippen LogP contribution in [0.3, 0.4) is 0 Å². The highest BCUT2D eigenvalue weighted by molar-refractivity contribution is 7.90. The second-order valence-corrected chi connectivity index (χ2v) is 7.76. The summed E-state index contributed by atoms with van der Waals surface area (Å²) in [5.74, 6) is -0.0542. The number of amides is 2. The van der Waals surface area contributed by atoms with E-state index in [-0.39, 0.29) is 18.4 Å². The van der Waals surface area contributed by atoms with Gasteiger partial charge in [0.2, 0.25) is 0 Å². The third kappa shape index (κ3) is 4.10. The number of hydrogen-bond donors (Lipinski definition) is 1. The summed E-state index contributed by atoms with van der Waals surface area (Å²) in [7, 11) is 0. The highest BCUT2D eigenvalue weighted by Gasteiger charge is 2.36. The molecule has 8 heteroatoms. The van der Waals surface area contributed by atoms with Crippen LogP contribution >= 0.6 is 23.2 Å². The van der Waals surface area contributed by atoms with Gasteiger partial charge in [0, 0.05) is 27.7 Å². The fourth-order valence-corrected chi connectivity index (χ4v) is 3.58. The van der Waals surface area contributed by atoms with Gasteiger partial charge < -0.3 is 9.87 Å². The molecule has 2 aromatic rings. The molecule has 1 atom stereocenters. The van der Waals surface area contributed by atoms with Crippen LogP contribution in [0.15, 0.2) is 42.5 Å². The summed E-state index contributed by atoms with van der Waals surface area (Å²) >= 11 is 10.7. The summed E-state index contributed by atoms with van der Waals surface area (Å²) in [6.07, 6.45) is 0. The molecule has 1 aliphatic heterocycles. The molecule has 25 heavy (non-hydrogen) atoms. The minimum absolute atomic E-state index is 0.266. The minimum Gasteiger partial charge on any atom is -0.593 e. The molecule has 1 N–H and O–H groups in total. The van der Waals surface area contributed by atoms with Gasteiger partial charge in [-0.3, -0.25) is 9.59 Å². The number of carbonyl (C=O) groups excluding carboxylic acids is 2. The van der Waals surface area contributed by atoms with Crippen molar-refractivity contribution in [3.63, 3.8) is 0 Å². The van der Waals surface area contributed by atoms with E-state index < -0.39 is 11.4 Å². The summed E-state index contributed by atoms with van der Waals surface area (Å²) in [5.41, 5.74) is 1.59. The molecule has 1 aliphatic rings. The molecule has 0 saturated carbocycles. The normalized spacial score (nSPS) is 16.3. The SMILES string of the molecule is O=C(NCc1ccc(Cl)cc1Cl)c1ccc(C(=O)N2CC[S+]2[O-])cc1. The predicted molar refractivity (Wildman–Crippen MR) is 98.1 cm³/mol. The molecule has 1 fully saturated rings. The molecule has 2 amide bonds. The summed E-state index contributed by atoms with van der Waals surface area (Å²) in [6.45, 7) is 0.762. The van der Waals surface area contributed by atoms with E-state index in [9.17, 15) is 14.1 Å². The third-order valence-corrected chi connectivity index (χ3v) is 5.75. The number of rotatable bonds is 4. The number of nitrogens with zero attached hydrogens (tertiary/aromatic N) is 1. The third-order valence-electron chi connectivity index (χ3n) is 3.79. The molecular weight excluding hydrogens is 383 g/mol. The van der Waals surface area contributed by atoms with E-state index in [1.54, 1.807) is 42.5 Å². The Morgan fingerprint density at radius 3 is 2.36 bits per heavy atom. The maximum Gasteiger partial charge on any atom is 0.295 e. The number of benzene rings is 2. The lowest BCUT2D eigenvalue weighted by Gasteiger charge is -2.31. The topological polar surface area (TPSA) is 72.5 Å². The Balaban J connectivity index is 1.61. The number of hydrogen-bond acceptors (Lipinski definition) is 3. The Labute approximate surface area is 158 Å². The standard InChI is InChI=1S/C17H14Cl2N2O3S/c18-14-6-5-13(15(19)9-14)10-20-16(22)11-1-3-12(4-2-11)17(23)21-7-8-25(21)24/h1-6,9H,7-8,10H2,(H,20,22). The van der Waals surface area contributed by atoms with Crippen LogP contribution in [0, 0.1) is 0 Å². The molecule has 130 valence electrons. The molecule has 1 saturated heterocycles. The van der Waals surface area contributed by atoms with Crippen molar-refractivity contribution in [3.05, 3.63) is 69.2 Å². The summed E-state index contributed by atoms with van der Waals surface area (Å²) < 4.78 is 12.7. The monoisotopic (exact) mass is 396 g/mol. The first-order valence-corrected chi connectivity index (χ1v) is 9.51. The zero-order valence-corrected chi connectivity index (χ0v) is 15.3. The van der Waals surface area contributed by atoms with Crippen LogP contribution in [0.2, 0.25) is 10.0 Å². The molecule has 3 rings (SSSR count). The van der Waals surface area contributed by atoms with Crippen molar-refractivity contribution >= 4 is 46.4 Å². The summed E-state index contributed by atoms with van der Waals surface area (Å²) in [5, 5.41) is 3.78. The fourth-order valence-electron chi connectivity index (χ4n) is 2.30. The highest BCUT2D eigenvalue weighted by Crippen LogP contribution is 2.21.